The van der Waals surface area contributed by atoms with Crippen molar-refractivity contribution in [3.63, 3.8) is 0 Å². The fraction of sp³-hybridized carbons (Fsp3) is 0.500. The zero-order valence-electron chi connectivity index (χ0n) is 16.3. The van der Waals surface area contributed by atoms with E-state index >= 15 is 0 Å². The average molecular weight is 398 g/mol. The average Bonchev–Trinajstić information content (AvgIpc) is 2.69. The molecule has 0 unspecified atom stereocenters. The summed E-state index contributed by atoms with van der Waals surface area (Å²) < 4.78 is 30.7. The fourth-order valence-corrected chi connectivity index (χ4v) is 1.56. The predicted octanol–water partition coefficient (Wildman–Crippen LogP) is 1.62. The SMILES string of the molecule is C=CCOCC(=C)C(=O)OCCOCCOCCOC(=O)C(=C)COCC=C. The van der Waals surface area contributed by atoms with Crippen molar-refractivity contribution in [1.29, 1.82) is 0 Å². The predicted molar refractivity (Wildman–Crippen MR) is 104 cm³/mol. The number of hydrogen-bond donors (Lipinski definition) is 0. The molecule has 0 rings (SSSR count). The van der Waals surface area contributed by atoms with Crippen LogP contribution in [0.5, 0.6) is 0 Å². The minimum Gasteiger partial charge on any atom is -0.460 e. The van der Waals surface area contributed by atoms with E-state index < -0.39 is 11.9 Å². The Balaban J connectivity index is 3.48. The van der Waals surface area contributed by atoms with E-state index in [-0.39, 0.29) is 50.8 Å². The number of ether oxygens (including phenoxy) is 6. The van der Waals surface area contributed by atoms with Gasteiger partial charge in [0.2, 0.25) is 0 Å². The smallest absolute Gasteiger partial charge is 0.335 e. The van der Waals surface area contributed by atoms with Crippen LogP contribution in [0.15, 0.2) is 49.6 Å². The van der Waals surface area contributed by atoms with Crippen LogP contribution in [0.2, 0.25) is 0 Å². The molecule has 0 bridgehead atoms. The van der Waals surface area contributed by atoms with E-state index in [1.165, 1.54) is 0 Å². The first-order chi connectivity index (χ1) is 13.5. The first kappa shape index (κ1) is 25.7. The van der Waals surface area contributed by atoms with Crippen molar-refractivity contribution in [3.05, 3.63) is 49.6 Å². The van der Waals surface area contributed by atoms with Gasteiger partial charge in [-0.25, -0.2) is 9.59 Å². The summed E-state index contributed by atoms with van der Waals surface area (Å²) in [5, 5.41) is 0. The minimum atomic E-state index is -0.526. The highest BCUT2D eigenvalue weighted by molar-refractivity contribution is 5.88. The van der Waals surface area contributed by atoms with Crippen molar-refractivity contribution in [2.75, 3.05) is 66.1 Å². The Bertz CT molecular complexity index is 466. The lowest BCUT2D eigenvalue weighted by molar-refractivity contribution is -0.143. The molecule has 0 fully saturated rings. The number of carbonyl (C=O) groups is 2. The van der Waals surface area contributed by atoms with Crippen LogP contribution in [0.25, 0.3) is 0 Å². The molecule has 0 aliphatic carbocycles. The lowest BCUT2D eigenvalue weighted by Gasteiger charge is -2.09. The topological polar surface area (TPSA) is 89.5 Å². The number of carbonyl (C=O) groups excluding carboxylic acids is 2. The van der Waals surface area contributed by atoms with Crippen molar-refractivity contribution < 1.29 is 38.0 Å². The molecule has 0 aromatic rings. The van der Waals surface area contributed by atoms with E-state index in [2.05, 4.69) is 26.3 Å². The molecular formula is C20H30O8. The van der Waals surface area contributed by atoms with Gasteiger partial charge >= 0.3 is 11.9 Å². The molecule has 0 aliphatic rings. The van der Waals surface area contributed by atoms with E-state index in [9.17, 15) is 9.59 Å². The number of hydrogen-bond acceptors (Lipinski definition) is 8. The summed E-state index contributed by atoms with van der Waals surface area (Å²) >= 11 is 0. The largest absolute Gasteiger partial charge is 0.460 e. The van der Waals surface area contributed by atoms with E-state index in [4.69, 9.17) is 28.4 Å². The second-order valence-electron chi connectivity index (χ2n) is 5.31. The van der Waals surface area contributed by atoms with Gasteiger partial charge in [-0.05, 0) is 0 Å². The maximum absolute atomic E-state index is 11.6. The molecule has 0 amide bonds. The summed E-state index contributed by atoms with van der Waals surface area (Å²) in [5.41, 5.74) is 0.462. The third-order valence-corrected chi connectivity index (χ3v) is 2.90. The lowest BCUT2D eigenvalue weighted by atomic mass is 10.3. The van der Waals surface area contributed by atoms with Crippen molar-refractivity contribution in [3.8, 4) is 0 Å². The van der Waals surface area contributed by atoms with Crippen LogP contribution in [0.1, 0.15) is 0 Å². The summed E-state index contributed by atoms with van der Waals surface area (Å²) in [6, 6.07) is 0. The Labute approximate surface area is 166 Å². The van der Waals surface area contributed by atoms with Crippen LogP contribution in [-0.4, -0.2) is 78.0 Å². The third-order valence-electron chi connectivity index (χ3n) is 2.90. The maximum atomic E-state index is 11.6. The van der Waals surface area contributed by atoms with Gasteiger partial charge < -0.3 is 28.4 Å². The molecule has 0 saturated carbocycles. The van der Waals surface area contributed by atoms with Crippen LogP contribution >= 0.6 is 0 Å². The molecule has 0 atom stereocenters. The molecule has 8 nitrogen and oxygen atoms in total. The molecule has 0 radical (unpaired) electrons. The first-order valence-corrected chi connectivity index (χ1v) is 8.75. The molecule has 0 heterocycles. The van der Waals surface area contributed by atoms with Crippen LogP contribution < -0.4 is 0 Å². The van der Waals surface area contributed by atoms with E-state index in [0.29, 0.717) is 26.4 Å². The Kier molecular flexibility index (Phi) is 16.7. The molecule has 0 saturated heterocycles. The van der Waals surface area contributed by atoms with Gasteiger partial charge in [0.1, 0.15) is 13.2 Å². The Hall–Kier alpha value is -2.26. The monoisotopic (exact) mass is 398 g/mol. The van der Waals surface area contributed by atoms with Crippen LogP contribution in [0, 0.1) is 0 Å². The minimum absolute atomic E-state index is 0.0965. The van der Waals surface area contributed by atoms with Gasteiger partial charge in [-0.3, -0.25) is 0 Å². The van der Waals surface area contributed by atoms with E-state index in [1.54, 1.807) is 12.2 Å². The molecule has 8 heteroatoms. The van der Waals surface area contributed by atoms with Gasteiger partial charge in [-0.1, -0.05) is 25.3 Å². The fourth-order valence-electron chi connectivity index (χ4n) is 1.56. The summed E-state index contributed by atoms with van der Waals surface area (Å²) in [4.78, 5) is 23.1. The van der Waals surface area contributed by atoms with Crippen molar-refractivity contribution in [1.82, 2.24) is 0 Å². The number of rotatable bonds is 19. The molecule has 0 aliphatic heterocycles. The van der Waals surface area contributed by atoms with Crippen LogP contribution in [-0.2, 0) is 38.0 Å². The van der Waals surface area contributed by atoms with Gasteiger partial charge in [-0.15, -0.1) is 13.2 Å². The van der Waals surface area contributed by atoms with Gasteiger partial charge in [0, 0.05) is 0 Å². The molecule has 0 aromatic heterocycles. The lowest BCUT2D eigenvalue weighted by Crippen LogP contribution is -2.17. The highest BCUT2D eigenvalue weighted by atomic mass is 16.6. The van der Waals surface area contributed by atoms with E-state index in [0.717, 1.165) is 0 Å². The number of esters is 2. The van der Waals surface area contributed by atoms with Crippen LogP contribution in [0.3, 0.4) is 0 Å². The second kappa shape index (κ2) is 18.1. The Morgan fingerprint density at radius 1 is 0.607 bits per heavy atom. The van der Waals surface area contributed by atoms with E-state index in [1.807, 2.05) is 0 Å². The van der Waals surface area contributed by atoms with Gasteiger partial charge in [0.15, 0.2) is 0 Å². The third kappa shape index (κ3) is 14.9. The van der Waals surface area contributed by atoms with Crippen LogP contribution in [0.4, 0.5) is 0 Å². The van der Waals surface area contributed by atoms with Crippen molar-refractivity contribution >= 4 is 11.9 Å². The highest BCUT2D eigenvalue weighted by Gasteiger charge is 2.09. The summed E-state index contributed by atoms with van der Waals surface area (Å²) in [5.74, 6) is -1.05. The summed E-state index contributed by atoms with van der Waals surface area (Å²) in [7, 11) is 0. The van der Waals surface area contributed by atoms with Gasteiger partial charge in [-0.2, -0.15) is 0 Å². The second-order valence-corrected chi connectivity index (χ2v) is 5.31. The Morgan fingerprint density at radius 2 is 0.964 bits per heavy atom. The quantitative estimate of drug-likeness (QED) is 0.140. The first-order valence-electron chi connectivity index (χ1n) is 8.75. The molecule has 28 heavy (non-hydrogen) atoms. The van der Waals surface area contributed by atoms with Crippen molar-refractivity contribution in [2.24, 2.45) is 0 Å². The Morgan fingerprint density at radius 3 is 1.32 bits per heavy atom. The standard InChI is InChI=1S/C20H30O8/c1-5-7-25-15-17(3)19(21)27-13-11-23-9-10-24-12-14-28-20(22)18(4)16-26-8-6-2/h5-6H,1-4,7-16H2. The normalized spacial score (nSPS) is 10.1. The molecule has 0 spiro atoms. The maximum Gasteiger partial charge on any atom is 0.335 e. The summed E-state index contributed by atoms with van der Waals surface area (Å²) in [6.45, 7) is 16.3. The molecule has 0 aromatic carbocycles. The zero-order valence-corrected chi connectivity index (χ0v) is 16.3. The molecule has 0 N–H and O–H groups in total. The van der Waals surface area contributed by atoms with Crippen molar-refractivity contribution in [2.45, 2.75) is 0 Å². The summed E-state index contributed by atoms with van der Waals surface area (Å²) in [6.07, 6.45) is 3.16. The zero-order chi connectivity index (χ0) is 21.0. The molecular weight excluding hydrogens is 368 g/mol. The van der Waals surface area contributed by atoms with Gasteiger partial charge in [0.25, 0.3) is 0 Å². The highest BCUT2D eigenvalue weighted by Crippen LogP contribution is 1.97. The van der Waals surface area contributed by atoms with Gasteiger partial charge in [0.05, 0.1) is 64.0 Å². The molecule has 158 valence electrons.